The molecule has 2 N–H and O–H groups in total. The number of carbonyl (C=O) groups is 4. The summed E-state index contributed by atoms with van der Waals surface area (Å²) in [7, 11) is 0. The molecule has 196 valence electrons. The van der Waals surface area contributed by atoms with Crippen molar-refractivity contribution in [2.24, 2.45) is 0 Å². The van der Waals surface area contributed by atoms with Crippen molar-refractivity contribution in [3.63, 3.8) is 0 Å². The Morgan fingerprint density at radius 3 is 1.97 bits per heavy atom. The van der Waals surface area contributed by atoms with E-state index < -0.39 is 17.6 Å². The summed E-state index contributed by atoms with van der Waals surface area (Å²) in [6.07, 6.45) is -2.75. The van der Waals surface area contributed by atoms with E-state index in [2.05, 4.69) is 10.6 Å². The van der Waals surface area contributed by atoms with Crippen LogP contribution in [0.1, 0.15) is 62.3 Å². The second kappa shape index (κ2) is 11.3. The van der Waals surface area contributed by atoms with Gasteiger partial charge in [0.1, 0.15) is 0 Å². The van der Waals surface area contributed by atoms with Gasteiger partial charge in [0.25, 0.3) is 17.7 Å². The molecule has 0 saturated carbocycles. The molecule has 3 aromatic carbocycles. The molecule has 0 bridgehead atoms. The molecule has 38 heavy (non-hydrogen) atoms. The molecule has 0 aromatic heterocycles. The summed E-state index contributed by atoms with van der Waals surface area (Å²) < 4.78 is 38.9. The Morgan fingerprint density at radius 2 is 1.34 bits per heavy atom. The fourth-order valence-electron chi connectivity index (χ4n) is 4.12. The molecule has 4 amide bonds. The molecule has 0 saturated heterocycles. The minimum Gasteiger partial charge on any atom is -0.324 e. The molecule has 1 aliphatic heterocycles. The fourth-order valence-corrected chi connectivity index (χ4v) is 4.12. The van der Waals surface area contributed by atoms with Crippen molar-refractivity contribution >= 4 is 35.0 Å². The molecule has 1 aliphatic rings. The van der Waals surface area contributed by atoms with Crippen LogP contribution in [0, 0.1) is 0 Å². The number of alkyl halides is 3. The number of unbranched alkanes of at least 4 members (excludes halogenated alkanes) is 2. The number of fused-ring (bicyclic) bond motifs is 1. The third-order valence-electron chi connectivity index (χ3n) is 6.07. The number of nitrogens with zero attached hydrogens (tertiary/aromatic N) is 1. The number of hydrogen-bond donors (Lipinski definition) is 2. The fraction of sp³-hybridized carbons (Fsp3) is 0.214. The quantitative estimate of drug-likeness (QED) is 0.276. The van der Waals surface area contributed by atoms with E-state index in [9.17, 15) is 32.3 Å². The van der Waals surface area contributed by atoms with E-state index in [1.807, 2.05) is 0 Å². The van der Waals surface area contributed by atoms with Crippen molar-refractivity contribution in [3.8, 4) is 0 Å². The first kappa shape index (κ1) is 26.6. The number of hydrogen-bond acceptors (Lipinski definition) is 4. The summed E-state index contributed by atoms with van der Waals surface area (Å²) in [6.45, 7) is 0.262. The third-order valence-corrected chi connectivity index (χ3v) is 6.07. The summed E-state index contributed by atoms with van der Waals surface area (Å²) in [5, 5.41) is 5.25. The van der Waals surface area contributed by atoms with E-state index in [1.54, 1.807) is 42.5 Å². The third kappa shape index (κ3) is 6.08. The highest BCUT2D eigenvalue weighted by molar-refractivity contribution is 6.21. The zero-order valence-electron chi connectivity index (χ0n) is 20.2. The van der Waals surface area contributed by atoms with E-state index >= 15 is 0 Å². The largest absolute Gasteiger partial charge is 0.416 e. The number of halogens is 3. The van der Waals surface area contributed by atoms with Gasteiger partial charge in [0.05, 0.1) is 28.1 Å². The van der Waals surface area contributed by atoms with E-state index in [-0.39, 0.29) is 41.9 Å². The first-order chi connectivity index (χ1) is 18.1. The SMILES string of the molecule is O=C(CCCCCN1C(=O)c2ccccc2C1=O)Nc1ccccc1NC(=O)c1cccc(C(F)(F)F)c1. The Hall–Kier alpha value is -4.47. The molecule has 10 heteroatoms. The van der Waals surface area contributed by atoms with Gasteiger partial charge in [-0.15, -0.1) is 0 Å². The average Bonchev–Trinajstić information content (AvgIpc) is 3.14. The molecule has 4 rings (SSSR count). The van der Waals surface area contributed by atoms with Crippen molar-refractivity contribution in [1.82, 2.24) is 4.90 Å². The lowest BCUT2D eigenvalue weighted by atomic mass is 10.1. The lowest BCUT2D eigenvalue weighted by Crippen LogP contribution is -2.30. The highest BCUT2D eigenvalue weighted by atomic mass is 19.4. The standard InChI is InChI=1S/C28H24F3N3O4/c29-28(30,31)19-10-8-9-18(17-19)25(36)33-23-14-6-5-13-22(23)32-24(35)15-2-1-7-16-34-26(37)20-11-3-4-12-21(20)27(34)38/h3-6,8-14,17H,1-2,7,15-16H2,(H,32,35)(H,33,36). The van der Waals surface area contributed by atoms with Crippen LogP contribution >= 0.6 is 0 Å². The number of benzene rings is 3. The molecule has 0 atom stereocenters. The highest BCUT2D eigenvalue weighted by Crippen LogP contribution is 2.30. The van der Waals surface area contributed by atoms with Crippen molar-refractivity contribution in [3.05, 3.63) is 95.1 Å². The Morgan fingerprint density at radius 1 is 0.737 bits per heavy atom. The smallest absolute Gasteiger partial charge is 0.324 e. The summed E-state index contributed by atoms with van der Waals surface area (Å²) in [6, 6.07) is 17.1. The van der Waals surface area contributed by atoms with Crippen LogP contribution in [0.15, 0.2) is 72.8 Å². The first-order valence-electron chi connectivity index (χ1n) is 12.0. The van der Waals surface area contributed by atoms with Crippen LogP contribution < -0.4 is 10.6 Å². The molecule has 0 fully saturated rings. The van der Waals surface area contributed by atoms with E-state index in [0.717, 1.165) is 18.2 Å². The molecular formula is C28H24F3N3O4. The molecule has 0 unspecified atom stereocenters. The van der Waals surface area contributed by atoms with Gasteiger partial charge in [-0.25, -0.2) is 0 Å². The van der Waals surface area contributed by atoms with Crippen molar-refractivity contribution < 1.29 is 32.3 Å². The normalized spacial score (nSPS) is 12.9. The second-order valence-corrected chi connectivity index (χ2v) is 8.74. The summed E-state index contributed by atoms with van der Waals surface area (Å²) in [4.78, 5) is 51.1. The van der Waals surface area contributed by atoms with E-state index in [1.165, 1.54) is 17.0 Å². The van der Waals surface area contributed by atoms with Crippen LogP contribution in [0.4, 0.5) is 24.5 Å². The van der Waals surface area contributed by atoms with Crippen LogP contribution in [0.5, 0.6) is 0 Å². The van der Waals surface area contributed by atoms with Gasteiger partial charge in [-0.2, -0.15) is 13.2 Å². The second-order valence-electron chi connectivity index (χ2n) is 8.74. The Balaban J connectivity index is 1.26. The van der Waals surface area contributed by atoms with Gasteiger partial charge in [-0.05, 0) is 55.3 Å². The molecule has 1 heterocycles. The van der Waals surface area contributed by atoms with E-state index in [4.69, 9.17) is 0 Å². The number of para-hydroxylation sites is 2. The zero-order valence-corrected chi connectivity index (χ0v) is 20.2. The Bertz CT molecular complexity index is 1350. The molecule has 7 nitrogen and oxygen atoms in total. The van der Waals surface area contributed by atoms with Crippen LogP contribution in [0.3, 0.4) is 0 Å². The van der Waals surface area contributed by atoms with Crippen LogP contribution in [-0.2, 0) is 11.0 Å². The Kier molecular flexibility index (Phi) is 7.90. The molecular weight excluding hydrogens is 499 g/mol. The lowest BCUT2D eigenvalue weighted by molar-refractivity contribution is -0.137. The van der Waals surface area contributed by atoms with Gasteiger partial charge in [0.2, 0.25) is 5.91 Å². The van der Waals surface area contributed by atoms with Gasteiger partial charge in [-0.1, -0.05) is 36.8 Å². The maximum absolute atomic E-state index is 13.0. The van der Waals surface area contributed by atoms with Crippen molar-refractivity contribution in [1.29, 1.82) is 0 Å². The average molecular weight is 524 g/mol. The van der Waals surface area contributed by atoms with Crippen molar-refractivity contribution in [2.45, 2.75) is 31.9 Å². The number of anilines is 2. The first-order valence-corrected chi connectivity index (χ1v) is 12.0. The highest BCUT2D eigenvalue weighted by Gasteiger charge is 2.34. The molecule has 0 aliphatic carbocycles. The maximum atomic E-state index is 13.0. The van der Waals surface area contributed by atoms with Gasteiger partial charge in [-0.3, -0.25) is 24.1 Å². The van der Waals surface area contributed by atoms with Gasteiger partial charge in [0, 0.05) is 18.5 Å². The number of carbonyl (C=O) groups excluding carboxylic acids is 4. The summed E-state index contributed by atoms with van der Waals surface area (Å²) in [5.74, 6) is -1.68. The predicted octanol–water partition coefficient (Wildman–Crippen LogP) is 5.75. The predicted molar refractivity (Wildman–Crippen MR) is 135 cm³/mol. The van der Waals surface area contributed by atoms with Crippen molar-refractivity contribution in [2.75, 3.05) is 17.2 Å². The summed E-state index contributed by atoms with van der Waals surface area (Å²) in [5.41, 5.74) is 0.248. The molecule has 3 aromatic rings. The zero-order chi connectivity index (χ0) is 27.3. The molecule has 0 radical (unpaired) electrons. The van der Waals surface area contributed by atoms with Crippen LogP contribution in [0.2, 0.25) is 0 Å². The Labute approximate surface area is 216 Å². The lowest BCUT2D eigenvalue weighted by Gasteiger charge is -2.14. The van der Waals surface area contributed by atoms with E-state index in [0.29, 0.717) is 36.1 Å². The minimum absolute atomic E-state index is 0.165. The topological polar surface area (TPSA) is 95.6 Å². The maximum Gasteiger partial charge on any atom is 0.416 e. The van der Waals surface area contributed by atoms with Gasteiger partial charge >= 0.3 is 6.18 Å². The van der Waals surface area contributed by atoms with Crippen LogP contribution in [-0.4, -0.2) is 35.1 Å². The summed E-state index contributed by atoms with van der Waals surface area (Å²) >= 11 is 0. The minimum atomic E-state index is -4.58. The van der Waals surface area contributed by atoms with Crippen LogP contribution in [0.25, 0.3) is 0 Å². The number of amides is 4. The van der Waals surface area contributed by atoms with Gasteiger partial charge < -0.3 is 10.6 Å². The molecule has 0 spiro atoms. The number of nitrogens with one attached hydrogen (secondary N) is 2. The number of rotatable bonds is 9. The monoisotopic (exact) mass is 523 g/mol. The number of imide groups is 1. The van der Waals surface area contributed by atoms with Gasteiger partial charge in [0.15, 0.2) is 0 Å².